The topological polar surface area (TPSA) is 30.0 Å². The molecule has 0 amide bonds. The SMILES string of the molecule is Cc1nc(C)c(C(=O)Cc2ccc(F)c(Br)c2)s1. The van der Waals surface area contributed by atoms with Crippen LogP contribution in [0.5, 0.6) is 0 Å². The third-order valence-electron chi connectivity index (χ3n) is 2.51. The number of carbonyl (C=O) groups excluding carboxylic acids is 1. The summed E-state index contributed by atoms with van der Waals surface area (Å²) >= 11 is 4.52. The Hall–Kier alpha value is -1.07. The van der Waals surface area contributed by atoms with Crippen LogP contribution in [0.4, 0.5) is 4.39 Å². The Balaban J connectivity index is 2.21. The molecule has 0 atom stereocenters. The van der Waals surface area contributed by atoms with Gasteiger partial charge in [-0.15, -0.1) is 11.3 Å². The lowest BCUT2D eigenvalue weighted by Gasteiger charge is -2.01. The van der Waals surface area contributed by atoms with Gasteiger partial charge in [0.05, 0.1) is 20.1 Å². The number of ketones is 1. The number of aromatic nitrogens is 1. The smallest absolute Gasteiger partial charge is 0.179 e. The van der Waals surface area contributed by atoms with Crippen molar-refractivity contribution in [3.63, 3.8) is 0 Å². The van der Waals surface area contributed by atoms with Crippen LogP contribution in [0, 0.1) is 19.7 Å². The largest absolute Gasteiger partial charge is 0.293 e. The van der Waals surface area contributed by atoms with Gasteiger partial charge in [0.25, 0.3) is 0 Å². The fourth-order valence-corrected chi connectivity index (χ4v) is 2.99. The van der Waals surface area contributed by atoms with Crippen molar-refractivity contribution >= 4 is 33.0 Å². The molecule has 0 radical (unpaired) electrons. The first kappa shape index (κ1) is 13.4. The Morgan fingerprint density at radius 2 is 2.17 bits per heavy atom. The summed E-state index contributed by atoms with van der Waals surface area (Å²) in [5, 5.41) is 0.885. The highest BCUT2D eigenvalue weighted by Crippen LogP contribution is 2.21. The molecule has 0 N–H and O–H groups in total. The zero-order valence-corrected chi connectivity index (χ0v) is 12.4. The van der Waals surface area contributed by atoms with Crippen molar-refractivity contribution in [3.05, 3.63) is 49.6 Å². The van der Waals surface area contributed by atoms with E-state index in [1.807, 2.05) is 13.8 Å². The normalized spacial score (nSPS) is 10.7. The maximum atomic E-state index is 13.1. The first-order valence-corrected chi connectivity index (χ1v) is 6.99. The summed E-state index contributed by atoms with van der Waals surface area (Å²) in [4.78, 5) is 17.0. The highest BCUT2D eigenvalue weighted by Gasteiger charge is 2.14. The Kier molecular flexibility index (Phi) is 3.92. The van der Waals surface area contributed by atoms with E-state index < -0.39 is 0 Å². The fourth-order valence-electron chi connectivity index (χ4n) is 1.71. The predicted octanol–water partition coefficient (Wildman–Crippen LogP) is 4.09. The summed E-state index contributed by atoms with van der Waals surface area (Å²) < 4.78 is 13.5. The average Bonchev–Trinajstić information content (AvgIpc) is 2.63. The van der Waals surface area contributed by atoms with E-state index in [9.17, 15) is 9.18 Å². The van der Waals surface area contributed by atoms with E-state index in [1.54, 1.807) is 12.1 Å². The molecule has 1 heterocycles. The van der Waals surface area contributed by atoms with E-state index in [2.05, 4.69) is 20.9 Å². The lowest BCUT2D eigenvalue weighted by molar-refractivity contribution is 0.0996. The van der Waals surface area contributed by atoms with Gasteiger partial charge in [-0.2, -0.15) is 0 Å². The minimum absolute atomic E-state index is 0.0246. The predicted molar refractivity (Wildman–Crippen MR) is 73.7 cm³/mol. The van der Waals surface area contributed by atoms with E-state index in [-0.39, 0.29) is 18.0 Å². The second-order valence-electron chi connectivity index (χ2n) is 4.00. The van der Waals surface area contributed by atoms with Crippen molar-refractivity contribution in [2.75, 3.05) is 0 Å². The Labute approximate surface area is 117 Å². The van der Waals surface area contributed by atoms with Crippen molar-refractivity contribution in [2.24, 2.45) is 0 Å². The molecule has 0 saturated carbocycles. The van der Waals surface area contributed by atoms with Gasteiger partial charge >= 0.3 is 0 Å². The van der Waals surface area contributed by atoms with Crippen LogP contribution in [0.25, 0.3) is 0 Å². The molecule has 5 heteroatoms. The number of halogens is 2. The summed E-state index contributed by atoms with van der Waals surface area (Å²) in [5.74, 6) is -0.298. The number of rotatable bonds is 3. The molecule has 18 heavy (non-hydrogen) atoms. The maximum Gasteiger partial charge on any atom is 0.179 e. The number of aryl methyl sites for hydroxylation is 2. The molecule has 0 saturated heterocycles. The molecule has 94 valence electrons. The molecule has 1 aromatic heterocycles. The van der Waals surface area contributed by atoms with Gasteiger partial charge in [-0.25, -0.2) is 9.37 Å². The lowest BCUT2D eigenvalue weighted by Crippen LogP contribution is -2.03. The van der Waals surface area contributed by atoms with Gasteiger partial charge in [-0.05, 0) is 47.5 Å². The monoisotopic (exact) mass is 327 g/mol. The first-order chi connectivity index (χ1) is 8.47. The Morgan fingerprint density at radius 3 is 2.72 bits per heavy atom. The summed E-state index contributed by atoms with van der Waals surface area (Å²) in [5.41, 5.74) is 1.56. The van der Waals surface area contributed by atoms with Crippen LogP contribution in [0.2, 0.25) is 0 Å². The first-order valence-electron chi connectivity index (χ1n) is 5.38. The van der Waals surface area contributed by atoms with Crippen LogP contribution in [-0.2, 0) is 6.42 Å². The van der Waals surface area contributed by atoms with Gasteiger partial charge in [-0.3, -0.25) is 4.79 Å². The van der Waals surface area contributed by atoms with Crippen LogP contribution < -0.4 is 0 Å². The van der Waals surface area contributed by atoms with E-state index in [1.165, 1.54) is 17.4 Å². The van der Waals surface area contributed by atoms with Crippen LogP contribution in [0.1, 0.15) is 25.9 Å². The molecule has 0 fully saturated rings. The summed E-state index contributed by atoms with van der Waals surface area (Å²) in [7, 11) is 0. The number of hydrogen-bond donors (Lipinski definition) is 0. The molecule has 0 aliphatic carbocycles. The fraction of sp³-hybridized carbons (Fsp3) is 0.231. The van der Waals surface area contributed by atoms with Gasteiger partial charge in [0, 0.05) is 6.42 Å². The van der Waals surface area contributed by atoms with E-state index >= 15 is 0 Å². The van der Waals surface area contributed by atoms with Gasteiger partial charge in [-0.1, -0.05) is 6.07 Å². The van der Waals surface area contributed by atoms with Crippen molar-refractivity contribution < 1.29 is 9.18 Å². The second-order valence-corrected chi connectivity index (χ2v) is 6.05. The molecule has 2 aromatic rings. The number of Topliss-reactive ketones (excluding diaryl/α,β-unsaturated/α-hetero) is 1. The number of thiazole rings is 1. The molecule has 0 spiro atoms. The zero-order valence-electron chi connectivity index (χ0n) is 9.96. The number of nitrogens with zero attached hydrogens (tertiary/aromatic N) is 1. The molecule has 0 aliphatic rings. The number of benzene rings is 1. The standard InChI is InChI=1S/C13H11BrFNOS/c1-7-13(18-8(2)16-7)12(17)6-9-3-4-11(15)10(14)5-9/h3-5H,6H2,1-2H3. The van der Waals surface area contributed by atoms with Crippen LogP contribution in [0.15, 0.2) is 22.7 Å². The van der Waals surface area contributed by atoms with Crippen molar-refractivity contribution in [1.29, 1.82) is 0 Å². The number of hydrogen-bond acceptors (Lipinski definition) is 3. The average molecular weight is 328 g/mol. The molecule has 1 aromatic carbocycles. The molecule has 2 rings (SSSR count). The summed E-state index contributed by atoms with van der Waals surface area (Å²) in [6.07, 6.45) is 0.265. The van der Waals surface area contributed by atoms with E-state index in [4.69, 9.17) is 0 Å². The lowest BCUT2D eigenvalue weighted by atomic mass is 10.1. The third-order valence-corrected chi connectivity index (χ3v) is 4.23. The van der Waals surface area contributed by atoms with Crippen molar-refractivity contribution in [1.82, 2.24) is 4.98 Å². The number of carbonyl (C=O) groups is 1. The minimum atomic E-state index is -0.323. The van der Waals surface area contributed by atoms with Crippen molar-refractivity contribution in [3.8, 4) is 0 Å². The Bertz CT molecular complexity index is 609. The highest BCUT2D eigenvalue weighted by atomic mass is 79.9. The summed E-state index contributed by atoms with van der Waals surface area (Å²) in [6.45, 7) is 3.71. The van der Waals surface area contributed by atoms with Gasteiger partial charge < -0.3 is 0 Å². The van der Waals surface area contributed by atoms with Gasteiger partial charge in [0.15, 0.2) is 5.78 Å². The molecule has 0 bridgehead atoms. The van der Waals surface area contributed by atoms with Gasteiger partial charge in [0.1, 0.15) is 5.82 Å². The zero-order chi connectivity index (χ0) is 13.3. The van der Waals surface area contributed by atoms with Gasteiger partial charge in [0.2, 0.25) is 0 Å². The van der Waals surface area contributed by atoms with E-state index in [0.29, 0.717) is 9.35 Å². The highest BCUT2D eigenvalue weighted by molar-refractivity contribution is 9.10. The van der Waals surface area contributed by atoms with Crippen molar-refractivity contribution in [2.45, 2.75) is 20.3 Å². The maximum absolute atomic E-state index is 13.1. The van der Waals surface area contributed by atoms with Crippen LogP contribution in [-0.4, -0.2) is 10.8 Å². The van der Waals surface area contributed by atoms with Crippen LogP contribution >= 0.6 is 27.3 Å². The summed E-state index contributed by atoms with van der Waals surface area (Å²) in [6, 6.07) is 4.62. The molecular formula is C13H11BrFNOS. The molecule has 0 unspecified atom stereocenters. The van der Waals surface area contributed by atoms with Crippen LogP contribution in [0.3, 0.4) is 0 Å². The third kappa shape index (κ3) is 2.84. The molecule has 0 aliphatic heterocycles. The minimum Gasteiger partial charge on any atom is -0.293 e. The quantitative estimate of drug-likeness (QED) is 0.795. The van der Waals surface area contributed by atoms with E-state index in [0.717, 1.165) is 16.3 Å². The molecule has 2 nitrogen and oxygen atoms in total. The second kappa shape index (κ2) is 5.28. The Morgan fingerprint density at radius 1 is 1.44 bits per heavy atom. The molecular weight excluding hydrogens is 317 g/mol.